The fourth-order valence-electron chi connectivity index (χ4n) is 3.45. The molecule has 1 aromatic rings. The van der Waals surface area contributed by atoms with Gasteiger partial charge in [0.05, 0.1) is 12.1 Å². The number of hydrogen-bond acceptors (Lipinski definition) is 3. The summed E-state index contributed by atoms with van der Waals surface area (Å²) in [6, 6.07) is 9.46. The average molecular weight is 367 g/mol. The van der Waals surface area contributed by atoms with Crippen molar-refractivity contribution < 1.29 is 14.3 Å². The highest BCUT2D eigenvalue weighted by atomic mass is 35.5. The summed E-state index contributed by atoms with van der Waals surface area (Å²) < 4.78 is 5.33. The van der Waals surface area contributed by atoms with Crippen molar-refractivity contribution in [3.63, 3.8) is 0 Å². The summed E-state index contributed by atoms with van der Waals surface area (Å²) in [5.74, 6) is -0.132. The van der Waals surface area contributed by atoms with Crippen molar-refractivity contribution in [2.24, 2.45) is 0 Å². The number of ether oxygens (including phenoxy) is 1. The first-order valence-corrected chi connectivity index (χ1v) is 9.40. The first-order valence-electron chi connectivity index (χ1n) is 8.87. The van der Waals surface area contributed by atoms with Crippen molar-refractivity contribution in [3.05, 3.63) is 35.9 Å². The zero-order chi connectivity index (χ0) is 18.2. The second kappa shape index (κ2) is 9.66. The van der Waals surface area contributed by atoms with Gasteiger partial charge in [0.2, 0.25) is 5.91 Å². The predicted octanol–water partition coefficient (Wildman–Crippen LogP) is 3.70. The Labute approximate surface area is 154 Å². The van der Waals surface area contributed by atoms with E-state index in [2.05, 4.69) is 5.32 Å². The van der Waals surface area contributed by atoms with E-state index in [0.29, 0.717) is 0 Å². The molecule has 1 fully saturated rings. The molecular formula is C19H27ClN2O3. The molecule has 0 bridgehead atoms. The molecule has 0 heterocycles. The van der Waals surface area contributed by atoms with Gasteiger partial charge in [-0.05, 0) is 32.3 Å². The average Bonchev–Trinajstić information content (AvgIpc) is 2.62. The van der Waals surface area contributed by atoms with Crippen molar-refractivity contribution in [3.8, 4) is 0 Å². The van der Waals surface area contributed by atoms with Gasteiger partial charge in [-0.25, -0.2) is 4.79 Å². The van der Waals surface area contributed by atoms with E-state index in [-0.39, 0.29) is 36.5 Å². The van der Waals surface area contributed by atoms with E-state index in [1.807, 2.05) is 49.1 Å². The summed E-state index contributed by atoms with van der Waals surface area (Å²) in [4.78, 5) is 26.3. The lowest BCUT2D eigenvalue weighted by atomic mass is 9.88. The third kappa shape index (κ3) is 5.63. The number of alkyl carbamates (subject to hydrolysis) is 1. The minimum atomic E-state index is -0.442. The van der Waals surface area contributed by atoms with Crippen LogP contribution in [0.1, 0.15) is 45.1 Å². The smallest absolute Gasteiger partial charge is 0.407 e. The molecule has 0 aromatic heterocycles. The normalized spacial score (nSPS) is 20.2. The lowest BCUT2D eigenvalue weighted by molar-refractivity contribution is -0.134. The Morgan fingerprint density at radius 1 is 1.24 bits per heavy atom. The van der Waals surface area contributed by atoms with Crippen molar-refractivity contribution >= 4 is 23.6 Å². The number of nitrogens with zero attached hydrogens (tertiary/aromatic N) is 1. The van der Waals surface area contributed by atoms with Crippen molar-refractivity contribution in [2.75, 3.05) is 5.88 Å². The molecule has 0 radical (unpaired) electrons. The van der Waals surface area contributed by atoms with E-state index in [1.165, 1.54) is 0 Å². The molecule has 138 valence electrons. The van der Waals surface area contributed by atoms with Gasteiger partial charge in [-0.2, -0.15) is 0 Å². The monoisotopic (exact) mass is 366 g/mol. The zero-order valence-corrected chi connectivity index (χ0v) is 15.7. The molecule has 0 unspecified atom stereocenters. The Morgan fingerprint density at radius 2 is 1.92 bits per heavy atom. The molecule has 2 amide bonds. The first-order chi connectivity index (χ1) is 12.0. The number of carbonyl (C=O) groups is 2. The molecule has 1 saturated carbocycles. The third-order valence-electron chi connectivity index (χ3n) is 4.56. The van der Waals surface area contributed by atoms with Gasteiger partial charge in [-0.1, -0.05) is 43.2 Å². The summed E-state index contributed by atoms with van der Waals surface area (Å²) in [5, 5.41) is 2.96. The van der Waals surface area contributed by atoms with Crippen LogP contribution >= 0.6 is 11.6 Å². The summed E-state index contributed by atoms with van der Waals surface area (Å²) >= 11 is 5.78. The van der Waals surface area contributed by atoms with E-state index in [4.69, 9.17) is 16.3 Å². The summed E-state index contributed by atoms with van der Waals surface area (Å²) in [7, 11) is 0. The standard InChI is InChI=1S/C19H27ClN2O3/c1-14(2)22(18(23)12-20)17-11-7-6-10-16(17)21-19(24)25-13-15-8-4-3-5-9-15/h3-5,8-9,14,16-17H,6-7,10-13H2,1-2H3,(H,21,24)/t16-,17-/m0/s1. The van der Waals surface area contributed by atoms with Crippen molar-refractivity contribution in [1.82, 2.24) is 10.2 Å². The van der Waals surface area contributed by atoms with E-state index >= 15 is 0 Å². The van der Waals surface area contributed by atoms with Gasteiger partial charge in [0.15, 0.2) is 0 Å². The van der Waals surface area contributed by atoms with Gasteiger partial charge >= 0.3 is 6.09 Å². The number of hydrogen-bond donors (Lipinski definition) is 1. The molecular weight excluding hydrogens is 340 g/mol. The van der Waals surface area contributed by atoms with Gasteiger partial charge in [0.1, 0.15) is 12.5 Å². The SMILES string of the molecule is CC(C)N(C(=O)CCl)[C@H]1CCCC[C@@H]1NC(=O)OCc1ccccc1. The maximum atomic E-state index is 12.2. The van der Waals surface area contributed by atoms with Gasteiger partial charge in [0, 0.05) is 6.04 Å². The molecule has 0 aliphatic heterocycles. The number of nitrogens with one attached hydrogen (secondary N) is 1. The van der Waals surface area contributed by atoms with Gasteiger partial charge < -0.3 is 15.0 Å². The van der Waals surface area contributed by atoms with Crippen LogP contribution in [-0.2, 0) is 16.1 Å². The Kier molecular flexibility index (Phi) is 7.56. The largest absolute Gasteiger partial charge is 0.445 e. The summed E-state index contributed by atoms with van der Waals surface area (Å²) in [5.41, 5.74) is 0.943. The molecule has 6 heteroatoms. The first kappa shape index (κ1) is 19.6. The number of halogens is 1. The summed E-state index contributed by atoms with van der Waals surface area (Å²) in [6.45, 7) is 4.19. The molecule has 1 N–H and O–H groups in total. The quantitative estimate of drug-likeness (QED) is 0.781. The molecule has 1 aliphatic carbocycles. The minimum Gasteiger partial charge on any atom is -0.445 e. The molecule has 1 aliphatic rings. The predicted molar refractivity (Wildman–Crippen MR) is 98.5 cm³/mol. The highest BCUT2D eigenvalue weighted by Crippen LogP contribution is 2.25. The van der Waals surface area contributed by atoms with Crippen molar-refractivity contribution in [2.45, 2.75) is 64.3 Å². The van der Waals surface area contributed by atoms with Crippen LogP contribution in [-0.4, -0.2) is 40.9 Å². The number of amides is 2. The van der Waals surface area contributed by atoms with E-state index in [1.54, 1.807) is 0 Å². The van der Waals surface area contributed by atoms with Crippen LogP contribution in [0.5, 0.6) is 0 Å². The second-order valence-corrected chi connectivity index (χ2v) is 6.96. The van der Waals surface area contributed by atoms with E-state index in [0.717, 1.165) is 31.2 Å². The third-order valence-corrected chi connectivity index (χ3v) is 4.79. The minimum absolute atomic E-state index is 0.0377. The number of rotatable bonds is 6. The lowest BCUT2D eigenvalue weighted by Crippen LogP contribution is -2.57. The van der Waals surface area contributed by atoms with Crippen LogP contribution < -0.4 is 5.32 Å². The molecule has 25 heavy (non-hydrogen) atoms. The Hall–Kier alpha value is -1.75. The van der Waals surface area contributed by atoms with Crippen LogP contribution in [0.4, 0.5) is 4.79 Å². The van der Waals surface area contributed by atoms with Gasteiger partial charge in [0.25, 0.3) is 0 Å². The maximum Gasteiger partial charge on any atom is 0.407 e. The van der Waals surface area contributed by atoms with Crippen molar-refractivity contribution in [1.29, 1.82) is 0 Å². The van der Waals surface area contributed by atoms with Gasteiger partial charge in [-0.15, -0.1) is 11.6 Å². The summed E-state index contributed by atoms with van der Waals surface area (Å²) in [6.07, 6.45) is 3.33. The Morgan fingerprint density at radius 3 is 2.56 bits per heavy atom. The van der Waals surface area contributed by atoms with Crippen LogP contribution in [0, 0.1) is 0 Å². The van der Waals surface area contributed by atoms with Crippen LogP contribution in [0.15, 0.2) is 30.3 Å². The maximum absolute atomic E-state index is 12.2. The molecule has 2 atom stereocenters. The lowest BCUT2D eigenvalue weighted by Gasteiger charge is -2.42. The van der Waals surface area contributed by atoms with E-state index < -0.39 is 6.09 Å². The topological polar surface area (TPSA) is 58.6 Å². The molecule has 0 saturated heterocycles. The fraction of sp³-hybridized carbons (Fsp3) is 0.579. The fourth-order valence-corrected chi connectivity index (χ4v) is 3.59. The molecule has 2 rings (SSSR count). The number of benzene rings is 1. The molecule has 1 aromatic carbocycles. The molecule has 5 nitrogen and oxygen atoms in total. The Bertz CT molecular complexity index is 565. The number of alkyl halides is 1. The Balaban J connectivity index is 1.97. The molecule has 0 spiro atoms. The van der Waals surface area contributed by atoms with Crippen LogP contribution in [0.2, 0.25) is 0 Å². The van der Waals surface area contributed by atoms with Crippen LogP contribution in [0.3, 0.4) is 0 Å². The van der Waals surface area contributed by atoms with Gasteiger partial charge in [-0.3, -0.25) is 4.79 Å². The number of carbonyl (C=O) groups excluding carboxylic acids is 2. The van der Waals surface area contributed by atoms with E-state index in [9.17, 15) is 9.59 Å². The highest BCUT2D eigenvalue weighted by Gasteiger charge is 2.35. The zero-order valence-electron chi connectivity index (χ0n) is 14.9. The highest BCUT2D eigenvalue weighted by molar-refractivity contribution is 6.27. The second-order valence-electron chi connectivity index (χ2n) is 6.69. The van der Waals surface area contributed by atoms with Crippen LogP contribution in [0.25, 0.3) is 0 Å².